The molecule has 1 saturated heterocycles. The zero-order valence-electron chi connectivity index (χ0n) is 11.7. The van der Waals surface area contributed by atoms with E-state index in [9.17, 15) is 14.0 Å². The summed E-state index contributed by atoms with van der Waals surface area (Å²) in [7, 11) is 0. The Morgan fingerprint density at radius 2 is 2.11 bits per heavy atom. The third-order valence-electron chi connectivity index (χ3n) is 2.95. The predicted molar refractivity (Wildman–Crippen MR) is 67.6 cm³/mol. The SMILES string of the molecule is CC(C)(C)OC(CF)CC(=O)N1CCC[C@H]1C(=O)O. The molecule has 110 valence electrons. The van der Waals surface area contributed by atoms with E-state index in [2.05, 4.69) is 0 Å². The van der Waals surface area contributed by atoms with Crippen molar-refractivity contribution in [3.8, 4) is 0 Å². The van der Waals surface area contributed by atoms with Crippen LogP contribution in [0.4, 0.5) is 4.39 Å². The van der Waals surface area contributed by atoms with Crippen molar-refractivity contribution in [2.45, 2.75) is 57.8 Å². The molecule has 0 saturated carbocycles. The third kappa shape index (κ3) is 4.78. The number of carbonyl (C=O) groups is 2. The molecule has 2 atom stereocenters. The Bertz CT molecular complexity index is 340. The van der Waals surface area contributed by atoms with Crippen LogP contribution in [0.3, 0.4) is 0 Å². The van der Waals surface area contributed by atoms with E-state index in [0.717, 1.165) is 0 Å². The molecule has 1 rings (SSSR count). The lowest BCUT2D eigenvalue weighted by atomic mass is 10.1. The summed E-state index contributed by atoms with van der Waals surface area (Å²) in [5.41, 5.74) is -0.533. The lowest BCUT2D eigenvalue weighted by molar-refractivity contribution is -0.151. The van der Waals surface area contributed by atoms with Crippen LogP contribution >= 0.6 is 0 Å². The summed E-state index contributed by atoms with van der Waals surface area (Å²) in [6, 6.07) is -0.776. The van der Waals surface area contributed by atoms with Gasteiger partial charge in [0.2, 0.25) is 5.91 Å². The fourth-order valence-electron chi connectivity index (χ4n) is 2.26. The molecular weight excluding hydrogens is 253 g/mol. The average Bonchev–Trinajstić information content (AvgIpc) is 2.74. The van der Waals surface area contributed by atoms with Gasteiger partial charge < -0.3 is 14.7 Å². The van der Waals surface area contributed by atoms with Crippen LogP contribution in [0.1, 0.15) is 40.0 Å². The summed E-state index contributed by atoms with van der Waals surface area (Å²) in [6.07, 6.45) is 0.199. The van der Waals surface area contributed by atoms with Crippen LogP contribution in [0.15, 0.2) is 0 Å². The molecule has 0 radical (unpaired) electrons. The molecule has 1 unspecified atom stereocenters. The Morgan fingerprint density at radius 1 is 1.47 bits per heavy atom. The molecule has 1 aliphatic heterocycles. The molecule has 1 N–H and O–H groups in total. The lowest BCUT2D eigenvalue weighted by Crippen LogP contribution is -2.43. The van der Waals surface area contributed by atoms with Gasteiger partial charge in [-0.3, -0.25) is 4.79 Å². The molecule has 0 aromatic rings. The number of aliphatic carboxylic acids is 1. The van der Waals surface area contributed by atoms with Gasteiger partial charge in [0.1, 0.15) is 12.7 Å². The molecule has 5 nitrogen and oxygen atoms in total. The Kier molecular flexibility index (Phi) is 5.29. The van der Waals surface area contributed by atoms with Gasteiger partial charge in [0.05, 0.1) is 18.1 Å². The first-order valence-corrected chi connectivity index (χ1v) is 6.50. The fourth-order valence-corrected chi connectivity index (χ4v) is 2.26. The zero-order valence-corrected chi connectivity index (χ0v) is 11.7. The minimum Gasteiger partial charge on any atom is -0.480 e. The number of nitrogens with zero attached hydrogens (tertiary/aromatic N) is 1. The van der Waals surface area contributed by atoms with Crippen LogP contribution in [0.25, 0.3) is 0 Å². The van der Waals surface area contributed by atoms with Gasteiger partial charge in [-0.1, -0.05) is 0 Å². The number of rotatable bonds is 5. The van der Waals surface area contributed by atoms with Gasteiger partial charge in [-0.05, 0) is 33.6 Å². The predicted octanol–water partition coefficient (Wildman–Crippen LogP) is 1.61. The summed E-state index contributed by atoms with van der Waals surface area (Å²) >= 11 is 0. The molecule has 0 aliphatic carbocycles. The molecule has 0 aromatic carbocycles. The highest BCUT2D eigenvalue weighted by atomic mass is 19.1. The second-order valence-electron chi connectivity index (χ2n) is 5.79. The maximum Gasteiger partial charge on any atom is 0.326 e. The molecule has 19 heavy (non-hydrogen) atoms. The van der Waals surface area contributed by atoms with Crippen molar-refractivity contribution >= 4 is 11.9 Å². The smallest absolute Gasteiger partial charge is 0.326 e. The van der Waals surface area contributed by atoms with Crippen molar-refractivity contribution < 1.29 is 23.8 Å². The van der Waals surface area contributed by atoms with Gasteiger partial charge in [-0.15, -0.1) is 0 Å². The first-order valence-electron chi connectivity index (χ1n) is 6.50. The Labute approximate surface area is 112 Å². The molecule has 0 bridgehead atoms. The van der Waals surface area contributed by atoms with E-state index in [1.165, 1.54) is 4.90 Å². The van der Waals surface area contributed by atoms with Crippen LogP contribution in [-0.4, -0.2) is 52.8 Å². The Hall–Kier alpha value is -1.17. The number of hydrogen-bond acceptors (Lipinski definition) is 3. The maximum atomic E-state index is 12.9. The minimum atomic E-state index is -1.00. The molecule has 6 heteroatoms. The van der Waals surface area contributed by atoms with E-state index >= 15 is 0 Å². The van der Waals surface area contributed by atoms with Gasteiger partial charge in [-0.25, -0.2) is 9.18 Å². The zero-order chi connectivity index (χ0) is 14.6. The number of ether oxygens (including phenoxy) is 1. The second-order valence-corrected chi connectivity index (χ2v) is 5.79. The normalized spacial score (nSPS) is 21.5. The largest absolute Gasteiger partial charge is 0.480 e. The van der Waals surface area contributed by atoms with Crippen molar-refractivity contribution in [3.63, 3.8) is 0 Å². The van der Waals surface area contributed by atoms with Gasteiger partial charge in [-0.2, -0.15) is 0 Å². The summed E-state index contributed by atoms with van der Waals surface area (Å²) in [6.45, 7) is 5.03. The fraction of sp³-hybridized carbons (Fsp3) is 0.846. The standard InChI is InChI=1S/C13H22FNO4/c1-13(2,3)19-9(8-14)7-11(16)15-6-4-5-10(15)12(17)18/h9-10H,4-8H2,1-3H3,(H,17,18)/t9?,10-/m0/s1. The van der Waals surface area contributed by atoms with Crippen molar-refractivity contribution in [1.82, 2.24) is 4.90 Å². The van der Waals surface area contributed by atoms with E-state index in [1.807, 2.05) is 0 Å². The van der Waals surface area contributed by atoms with E-state index in [0.29, 0.717) is 19.4 Å². The van der Waals surface area contributed by atoms with Gasteiger partial charge in [0.25, 0.3) is 0 Å². The van der Waals surface area contributed by atoms with E-state index in [-0.39, 0.29) is 12.3 Å². The molecular formula is C13H22FNO4. The van der Waals surface area contributed by atoms with Crippen LogP contribution < -0.4 is 0 Å². The van der Waals surface area contributed by atoms with Gasteiger partial charge in [0.15, 0.2) is 0 Å². The highest BCUT2D eigenvalue weighted by molar-refractivity contribution is 5.84. The number of likely N-dealkylation sites (tertiary alicyclic amines) is 1. The average molecular weight is 275 g/mol. The lowest BCUT2D eigenvalue weighted by Gasteiger charge is -2.28. The first-order chi connectivity index (χ1) is 8.74. The van der Waals surface area contributed by atoms with E-state index in [4.69, 9.17) is 9.84 Å². The molecule has 1 amide bonds. The quantitative estimate of drug-likeness (QED) is 0.827. The number of carboxylic acid groups (broad SMARTS) is 1. The van der Waals surface area contributed by atoms with Crippen molar-refractivity contribution in [2.24, 2.45) is 0 Å². The topological polar surface area (TPSA) is 66.8 Å². The van der Waals surface area contributed by atoms with Crippen LogP contribution in [0.2, 0.25) is 0 Å². The summed E-state index contributed by atoms with van der Waals surface area (Å²) in [4.78, 5) is 24.3. The summed E-state index contributed by atoms with van der Waals surface area (Å²) < 4.78 is 18.3. The van der Waals surface area contributed by atoms with Gasteiger partial charge >= 0.3 is 5.97 Å². The van der Waals surface area contributed by atoms with Gasteiger partial charge in [0, 0.05) is 6.54 Å². The van der Waals surface area contributed by atoms with E-state index < -0.39 is 30.4 Å². The molecule has 0 spiro atoms. The van der Waals surface area contributed by atoms with Crippen LogP contribution in [0, 0.1) is 0 Å². The monoisotopic (exact) mass is 275 g/mol. The van der Waals surface area contributed by atoms with Crippen LogP contribution in [0.5, 0.6) is 0 Å². The Morgan fingerprint density at radius 3 is 2.58 bits per heavy atom. The third-order valence-corrected chi connectivity index (χ3v) is 2.95. The van der Waals surface area contributed by atoms with Crippen LogP contribution in [-0.2, 0) is 14.3 Å². The number of alkyl halides is 1. The molecule has 0 aromatic heterocycles. The first kappa shape index (κ1) is 15.9. The summed E-state index contributed by atoms with van der Waals surface area (Å²) in [5, 5.41) is 9.01. The minimum absolute atomic E-state index is 0.114. The van der Waals surface area contributed by atoms with Crippen molar-refractivity contribution in [2.75, 3.05) is 13.2 Å². The Balaban J connectivity index is 2.60. The number of carbonyl (C=O) groups excluding carboxylic acids is 1. The number of hydrogen-bond donors (Lipinski definition) is 1. The molecule has 1 heterocycles. The molecule has 1 aliphatic rings. The number of carboxylic acids is 1. The second kappa shape index (κ2) is 6.32. The number of halogens is 1. The van der Waals surface area contributed by atoms with E-state index in [1.54, 1.807) is 20.8 Å². The molecule has 1 fully saturated rings. The highest BCUT2D eigenvalue weighted by Gasteiger charge is 2.35. The summed E-state index contributed by atoms with van der Waals surface area (Å²) in [5.74, 6) is -1.35. The van der Waals surface area contributed by atoms with Crippen molar-refractivity contribution in [3.05, 3.63) is 0 Å². The maximum absolute atomic E-state index is 12.9. The number of amides is 1. The highest BCUT2D eigenvalue weighted by Crippen LogP contribution is 2.21. The van der Waals surface area contributed by atoms with Crippen molar-refractivity contribution in [1.29, 1.82) is 0 Å².